The largest absolute Gasteiger partial charge is 0.319 e. The van der Waals surface area contributed by atoms with Crippen molar-refractivity contribution in [2.75, 3.05) is 5.32 Å². The maximum Gasteiger partial charge on any atom is 0.255 e. The highest BCUT2D eigenvalue weighted by Crippen LogP contribution is 2.16. The van der Waals surface area contributed by atoms with E-state index in [0.29, 0.717) is 12.1 Å². The van der Waals surface area contributed by atoms with Crippen LogP contribution in [0, 0.1) is 11.6 Å². The molecule has 24 heavy (non-hydrogen) atoms. The number of aromatic nitrogens is 2. The molecule has 3 rings (SSSR count). The zero-order chi connectivity index (χ0) is 17.1. The number of nitrogens with one attached hydrogen (secondary N) is 1. The van der Waals surface area contributed by atoms with Crippen LogP contribution >= 0.6 is 15.9 Å². The van der Waals surface area contributed by atoms with Crippen LogP contribution in [0.25, 0.3) is 0 Å². The summed E-state index contributed by atoms with van der Waals surface area (Å²) >= 11 is 3.33. The molecule has 1 amide bonds. The van der Waals surface area contributed by atoms with Crippen molar-refractivity contribution in [1.82, 2.24) is 9.78 Å². The second kappa shape index (κ2) is 6.92. The van der Waals surface area contributed by atoms with Crippen LogP contribution in [-0.4, -0.2) is 15.7 Å². The fraction of sp³-hybridized carbons (Fsp3) is 0.0588. The Labute approximate surface area is 145 Å². The maximum atomic E-state index is 13.6. The standard InChI is InChI=1S/C17H12BrF2N3O/c18-13-8-21-23(10-13)9-11-1-3-12(4-2-11)17(24)22-16-6-5-14(19)7-15(16)20/h1-8,10H,9H2,(H,22,24). The number of hydrogen-bond acceptors (Lipinski definition) is 2. The lowest BCUT2D eigenvalue weighted by Gasteiger charge is -2.07. The van der Waals surface area contributed by atoms with Crippen LogP contribution in [0.2, 0.25) is 0 Å². The van der Waals surface area contributed by atoms with Gasteiger partial charge in [0.15, 0.2) is 0 Å². The van der Waals surface area contributed by atoms with Crippen molar-refractivity contribution < 1.29 is 13.6 Å². The molecule has 0 aliphatic heterocycles. The lowest BCUT2D eigenvalue weighted by Crippen LogP contribution is -2.13. The first kappa shape index (κ1) is 16.3. The molecule has 0 atom stereocenters. The molecular formula is C17H12BrF2N3O. The number of amides is 1. The minimum atomic E-state index is -0.816. The molecule has 0 saturated carbocycles. The van der Waals surface area contributed by atoms with E-state index in [4.69, 9.17) is 0 Å². The monoisotopic (exact) mass is 391 g/mol. The van der Waals surface area contributed by atoms with Gasteiger partial charge >= 0.3 is 0 Å². The Bertz CT molecular complexity index is 878. The molecule has 3 aromatic rings. The lowest BCUT2D eigenvalue weighted by atomic mass is 10.1. The van der Waals surface area contributed by atoms with Crippen molar-refractivity contribution in [2.45, 2.75) is 6.54 Å². The number of halogens is 3. The van der Waals surface area contributed by atoms with E-state index in [-0.39, 0.29) is 5.69 Å². The summed E-state index contributed by atoms with van der Waals surface area (Å²) in [7, 11) is 0. The van der Waals surface area contributed by atoms with Crippen LogP contribution in [0.4, 0.5) is 14.5 Å². The van der Waals surface area contributed by atoms with Gasteiger partial charge in [0.2, 0.25) is 0 Å². The smallest absolute Gasteiger partial charge is 0.255 e. The second-order valence-electron chi connectivity index (χ2n) is 5.13. The summed E-state index contributed by atoms with van der Waals surface area (Å²) in [6.45, 7) is 0.570. The molecule has 0 spiro atoms. The SMILES string of the molecule is O=C(Nc1ccc(F)cc1F)c1ccc(Cn2cc(Br)cn2)cc1. The Morgan fingerprint density at radius 2 is 1.92 bits per heavy atom. The average molecular weight is 392 g/mol. The minimum absolute atomic E-state index is 0.0631. The topological polar surface area (TPSA) is 46.9 Å². The molecular weight excluding hydrogens is 380 g/mol. The van der Waals surface area contributed by atoms with Gasteiger partial charge in [-0.15, -0.1) is 0 Å². The summed E-state index contributed by atoms with van der Waals surface area (Å²) in [6, 6.07) is 9.88. The summed E-state index contributed by atoms with van der Waals surface area (Å²) in [5.41, 5.74) is 1.28. The summed E-state index contributed by atoms with van der Waals surface area (Å²) in [6.07, 6.45) is 3.54. The third-order valence-electron chi connectivity index (χ3n) is 3.34. The van der Waals surface area contributed by atoms with Gasteiger partial charge in [-0.05, 0) is 45.8 Å². The summed E-state index contributed by atoms with van der Waals surface area (Å²) < 4.78 is 29.1. The quantitative estimate of drug-likeness (QED) is 0.723. The number of nitrogens with zero attached hydrogens (tertiary/aromatic N) is 2. The van der Waals surface area contributed by atoms with Crippen LogP contribution in [0.5, 0.6) is 0 Å². The number of anilines is 1. The molecule has 4 nitrogen and oxygen atoms in total. The molecule has 1 aromatic heterocycles. The fourth-order valence-electron chi connectivity index (χ4n) is 2.16. The highest BCUT2D eigenvalue weighted by Gasteiger charge is 2.10. The first-order valence-electron chi connectivity index (χ1n) is 7.04. The number of carbonyl (C=O) groups is 1. The first-order chi connectivity index (χ1) is 11.5. The van der Waals surface area contributed by atoms with Crippen molar-refractivity contribution in [3.05, 3.63) is 82.1 Å². The van der Waals surface area contributed by atoms with Crippen LogP contribution in [0.15, 0.2) is 59.3 Å². The molecule has 0 bridgehead atoms. The second-order valence-corrected chi connectivity index (χ2v) is 6.05. The normalized spacial score (nSPS) is 10.6. The zero-order valence-corrected chi connectivity index (χ0v) is 13.9. The molecule has 122 valence electrons. The number of benzene rings is 2. The first-order valence-corrected chi connectivity index (χ1v) is 7.84. The molecule has 2 aromatic carbocycles. The minimum Gasteiger partial charge on any atom is -0.319 e. The highest BCUT2D eigenvalue weighted by molar-refractivity contribution is 9.10. The Morgan fingerprint density at radius 1 is 1.17 bits per heavy atom. The van der Waals surface area contributed by atoms with E-state index >= 15 is 0 Å². The van der Waals surface area contributed by atoms with Crippen LogP contribution < -0.4 is 5.32 Å². The summed E-state index contributed by atoms with van der Waals surface area (Å²) in [5.74, 6) is -1.97. The third-order valence-corrected chi connectivity index (χ3v) is 3.75. The van der Waals surface area contributed by atoms with E-state index in [9.17, 15) is 13.6 Å². The van der Waals surface area contributed by atoms with Gasteiger partial charge in [-0.3, -0.25) is 9.48 Å². The molecule has 0 fully saturated rings. The van der Waals surface area contributed by atoms with Gasteiger partial charge < -0.3 is 5.32 Å². The van der Waals surface area contributed by atoms with Gasteiger partial charge in [0.25, 0.3) is 5.91 Å². The number of rotatable bonds is 4. The number of carbonyl (C=O) groups excluding carboxylic acids is 1. The van der Waals surface area contributed by atoms with E-state index < -0.39 is 17.5 Å². The molecule has 1 heterocycles. The van der Waals surface area contributed by atoms with Crippen molar-refractivity contribution in [3.8, 4) is 0 Å². The van der Waals surface area contributed by atoms with Gasteiger partial charge in [-0.2, -0.15) is 5.10 Å². The molecule has 7 heteroatoms. The average Bonchev–Trinajstić information content (AvgIpc) is 2.96. The Kier molecular flexibility index (Phi) is 4.71. The highest BCUT2D eigenvalue weighted by atomic mass is 79.9. The Hall–Kier alpha value is -2.54. The Balaban J connectivity index is 1.69. The van der Waals surface area contributed by atoms with Gasteiger partial charge in [0.05, 0.1) is 22.9 Å². The van der Waals surface area contributed by atoms with Crippen LogP contribution in [-0.2, 0) is 6.54 Å². The van der Waals surface area contributed by atoms with E-state index in [1.165, 1.54) is 6.07 Å². The lowest BCUT2D eigenvalue weighted by molar-refractivity contribution is 0.102. The van der Waals surface area contributed by atoms with E-state index in [2.05, 4.69) is 26.3 Å². The third kappa shape index (κ3) is 3.86. The summed E-state index contributed by atoms with van der Waals surface area (Å²) in [4.78, 5) is 12.1. The van der Waals surface area contributed by atoms with Gasteiger partial charge in [-0.25, -0.2) is 8.78 Å². The number of hydrogen-bond donors (Lipinski definition) is 1. The van der Waals surface area contributed by atoms with Crippen LogP contribution in [0.1, 0.15) is 15.9 Å². The Morgan fingerprint density at radius 3 is 2.54 bits per heavy atom. The van der Waals surface area contributed by atoms with Crippen molar-refractivity contribution in [2.24, 2.45) is 0 Å². The van der Waals surface area contributed by atoms with Crippen molar-refractivity contribution in [1.29, 1.82) is 0 Å². The van der Waals surface area contributed by atoms with E-state index in [0.717, 1.165) is 22.2 Å². The van der Waals surface area contributed by atoms with E-state index in [1.54, 1.807) is 35.1 Å². The van der Waals surface area contributed by atoms with Crippen LogP contribution in [0.3, 0.4) is 0 Å². The molecule has 0 aliphatic carbocycles. The zero-order valence-electron chi connectivity index (χ0n) is 12.3. The van der Waals surface area contributed by atoms with Gasteiger partial charge in [0, 0.05) is 17.8 Å². The molecule has 0 unspecified atom stereocenters. The van der Waals surface area contributed by atoms with Gasteiger partial charge in [-0.1, -0.05) is 12.1 Å². The van der Waals surface area contributed by atoms with Crippen molar-refractivity contribution >= 4 is 27.5 Å². The molecule has 0 radical (unpaired) electrons. The van der Waals surface area contributed by atoms with E-state index in [1.807, 2.05) is 6.20 Å². The summed E-state index contributed by atoms with van der Waals surface area (Å²) in [5, 5.41) is 6.58. The molecule has 1 N–H and O–H groups in total. The maximum absolute atomic E-state index is 13.6. The van der Waals surface area contributed by atoms with Gasteiger partial charge in [0.1, 0.15) is 11.6 Å². The van der Waals surface area contributed by atoms with Crippen molar-refractivity contribution in [3.63, 3.8) is 0 Å². The predicted octanol–water partition coefficient (Wildman–Crippen LogP) is 4.22. The molecule has 0 aliphatic rings. The predicted molar refractivity (Wildman–Crippen MR) is 89.8 cm³/mol. The fourth-order valence-corrected chi connectivity index (χ4v) is 2.49. The molecule has 0 saturated heterocycles.